The Labute approximate surface area is 187 Å². The van der Waals surface area contributed by atoms with Gasteiger partial charge >= 0.3 is 5.97 Å². The monoisotopic (exact) mass is 459 g/mol. The Morgan fingerprint density at radius 3 is 2.00 bits per heavy atom. The molecule has 0 aliphatic heterocycles. The summed E-state index contributed by atoms with van der Waals surface area (Å²) in [6, 6.07) is -4.50. The summed E-state index contributed by atoms with van der Waals surface area (Å²) >= 11 is 0. The van der Waals surface area contributed by atoms with E-state index >= 15 is 0 Å². The number of carbonyl (C=O) groups excluding carboxylic acids is 3. The van der Waals surface area contributed by atoms with E-state index in [-0.39, 0.29) is 24.8 Å². The highest BCUT2D eigenvalue weighted by molar-refractivity contribution is 5.94. The first-order chi connectivity index (χ1) is 14.8. The van der Waals surface area contributed by atoms with Crippen LogP contribution >= 0.6 is 0 Å². The number of aliphatic hydroxyl groups is 1. The van der Waals surface area contributed by atoms with Crippen LogP contribution in [0, 0.1) is 5.92 Å². The van der Waals surface area contributed by atoms with Crippen molar-refractivity contribution in [3.05, 3.63) is 0 Å². The molecule has 0 fully saturated rings. The molecule has 0 saturated carbocycles. The van der Waals surface area contributed by atoms with Crippen molar-refractivity contribution in [2.45, 2.75) is 77.2 Å². The quantitative estimate of drug-likeness (QED) is 0.0768. The summed E-state index contributed by atoms with van der Waals surface area (Å²) in [4.78, 5) is 52.3. The topological polar surface area (TPSA) is 235 Å². The fourth-order valence-electron chi connectivity index (χ4n) is 2.71. The minimum atomic E-state index is -1.54. The fraction of sp³-hybridized carbons (Fsp3) is 0.737. The average molecular weight is 460 g/mol. The van der Waals surface area contributed by atoms with Crippen LogP contribution in [0.1, 0.15) is 47.0 Å². The molecule has 184 valence electrons. The third kappa shape index (κ3) is 11.5. The maximum Gasteiger partial charge on any atom is 0.328 e. The van der Waals surface area contributed by atoms with Gasteiger partial charge in [0.15, 0.2) is 12.0 Å². The maximum atomic E-state index is 12.7. The van der Waals surface area contributed by atoms with Crippen molar-refractivity contribution in [2.24, 2.45) is 28.1 Å². The molecule has 5 unspecified atom stereocenters. The van der Waals surface area contributed by atoms with E-state index < -0.39 is 54.0 Å². The van der Waals surface area contributed by atoms with Crippen LogP contribution in [0.15, 0.2) is 4.99 Å². The van der Waals surface area contributed by atoms with Crippen LogP contribution in [0.4, 0.5) is 0 Å². The molecule has 0 radical (unpaired) electrons. The van der Waals surface area contributed by atoms with Gasteiger partial charge in [-0.25, -0.2) is 4.79 Å². The van der Waals surface area contributed by atoms with Crippen LogP contribution < -0.4 is 33.2 Å². The number of amides is 3. The number of aliphatic imine (C=N–C) groups is 1. The molecule has 0 spiro atoms. The average Bonchev–Trinajstić information content (AvgIpc) is 2.66. The summed E-state index contributed by atoms with van der Waals surface area (Å²) in [6.45, 7) is 6.60. The van der Waals surface area contributed by atoms with Crippen molar-refractivity contribution in [1.29, 1.82) is 0 Å². The summed E-state index contributed by atoms with van der Waals surface area (Å²) in [5.74, 6) is -3.34. The van der Waals surface area contributed by atoms with E-state index in [4.69, 9.17) is 22.3 Å². The highest BCUT2D eigenvalue weighted by Crippen LogP contribution is 2.05. The van der Waals surface area contributed by atoms with Gasteiger partial charge in [0.05, 0.1) is 12.1 Å². The van der Waals surface area contributed by atoms with Gasteiger partial charge < -0.3 is 43.4 Å². The second-order valence-corrected chi connectivity index (χ2v) is 8.04. The molecule has 0 aliphatic carbocycles. The molecule has 0 aromatic carbocycles. The number of guanidine groups is 1. The Morgan fingerprint density at radius 2 is 1.53 bits per heavy atom. The van der Waals surface area contributed by atoms with Crippen LogP contribution in [0.2, 0.25) is 0 Å². The molecular weight excluding hydrogens is 422 g/mol. The van der Waals surface area contributed by atoms with Crippen molar-refractivity contribution >= 4 is 29.7 Å². The lowest BCUT2D eigenvalue weighted by Crippen LogP contribution is -2.57. The number of hydrogen-bond donors (Lipinski definition) is 8. The maximum absolute atomic E-state index is 12.7. The Hall–Kier alpha value is -2.93. The first-order valence-corrected chi connectivity index (χ1v) is 10.4. The summed E-state index contributed by atoms with van der Waals surface area (Å²) in [5.41, 5.74) is 16.4. The lowest BCUT2D eigenvalue weighted by Gasteiger charge is -2.24. The largest absolute Gasteiger partial charge is 0.480 e. The highest BCUT2D eigenvalue weighted by Gasteiger charge is 2.30. The Morgan fingerprint density at radius 1 is 0.938 bits per heavy atom. The van der Waals surface area contributed by atoms with Gasteiger partial charge in [0, 0.05) is 6.54 Å². The third-order valence-electron chi connectivity index (χ3n) is 4.44. The number of nitrogens with zero attached hydrogens (tertiary/aromatic N) is 1. The lowest BCUT2D eigenvalue weighted by atomic mass is 10.0. The van der Waals surface area contributed by atoms with Gasteiger partial charge in [-0.1, -0.05) is 13.8 Å². The van der Waals surface area contributed by atoms with Gasteiger partial charge in [0.2, 0.25) is 17.7 Å². The van der Waals surface area contributed by atoms with E-state index in [1.165, 1.54) is 13.8 Å². The Balaban J connectivity index is 5.19. The number of aliphatic carboxylic acids is 1. The smallest absolute Gasteiger partial charge is 0.328 e. The molecule has 0 bridgehead atoms. The first kappa shape index (κ1) is 29.1. The van der Waals surface area contributed by atoms with E-state index in [0.717, 1.165) is 0 Å². The number of carboxylic acids is 1. The molecule has 0 heterocycles. The molecule has 0 aromatic rings. The van der Waals surface area contributed by atoms with Gasteiger partial charge in [0.25, 0.3) is 0 Å². The van der Waals surface area contributed by atoms with Crippen LogP contribution in [0.5, 0.6) is 0 Å². The molecule has 0 rings (SSSR count). The molecule has 0 saturated heterocycles. The zero-order chi connectivity index (χ0) is 25.0. The molecule has 32 heavy (non-hydrogen) atoms. The number of nitrogens with one attached hydrogen (secondary N) is 3. The standard InChI is InChI=1S/C19H37N7O6/c1-9(2)8-12(20)16(29)25-13(6-5-7-23-19(21)22)17(30)24-10(3)15(28)26-14(11(4)27)18(31)32/h9-14,27H,5-8,20H2,1-4H3,(H,24,30)(H,25,29)(H,26,28)(H,31,32)(H4,21,22,23). The number of aliphatic hydroxyl groups excluding tert-OH is 1. The van der Waals surface area contributed by atoms with Gasteiger partial charge in [-0.05, 0) is 39.0 Å². The third-order valence-corrected chi connectivity index (χ3v) is 4.44. The van der Waals surface area contributed by atoms with E-state index in [0.29, 0.717) is 12.8 Å². The van der Waals surface area contributed by atoms with Crippen molar-refractivity contribution in [3.8, 4) is 0 Å². The van der Waals surface area contributed by atoms with Crippen LogP contribution in [0.3, 0.4) is 0 Å². The van der Waals surface area contributed by atoms with Crippen molar-refractivity contribution < 1.29 is 29.4 Å². The first-order valence-electron chi connectivity index (χ1n) is 10.4. The summed E-state index contributed by atoms with van der Waals surface area (Å²) in [5, 5.41) is 25.7. The molecule has 13 nitrogen and oxygen atoms in total. The number of carbonyl (C=O) groups is 4. The summed E-state index contributed by atoms with van der Waals surface area (Å²) < 4.78 is 0. The lowest BCUT2D eigenvalue weighted by molar-refractivity contribution is -0.145. The number of rotatable bonds is 14. The number of nitrogens with two attached hydrogens (primary N) is 3. The SMILES string of the molecule is CC(C)CC(N)C(=O)NC(CCCN=C(N)N)C(=O)NC(C)C(=O)NC(C(=O)O)C(C)O. The predicted molar refractivity (Wildman–Crippen MR) is 118 cm³/mol. The van der Waals surface area contributed by atoms with Gasteiger partial charge in [-0.2, -0.15) is 0 Å². The van der Waals surface area contributed by atoms with Crippen LogP contribution in [-0.4, -0.2) is 76.7 Å². The molecule has 0 aromatic heterocycles. The summed E-state index contributed by atoms with van der Waals surface area (Å²) in [7, 11) is 0. The Kier molecular flexibility index (Phi) is 12.9. The van der Waals surface area contributed by atoms with Crippen LogP contribution in [-0.2, 0) is 19.2 Å². The molecular formula is C19H37N7O6. The van der Waals surface area contributed by atoms with Crippen LogP contribution in [0.25, 0.3) is 0 Å². The highest BCUT2D eigenvalue weighted by atomic mass is 16.4. The number of carboxylic acid groups (broad SMARTS) is 1. The Bertz CT molecular complexity index is 679. The van der Waals surface area contributed by atoms with Gasteiger partial charge in [-0.15, -0.1) is 0 Å². The van der Waals surface area contributed by atoms with Crippen molar-refractivity contribution in [2.75, 3.05) is 6.54 Å². The van der Waals surface area contributed by atoms with Gasteiger partial charge in [0.1, 0.15) is 12.1 Å². The van der Waals surface area contributed by atoms with E-state index in [2.05, 4.69) is 20.9 Å². The molecule has 11 N–H and O–H groups in total. The predicted octanol–water partition coefficient (Wildman–Crippen LogP) is -2.65. The normalized spacial score (nSPS) is 15.6. The minimum Gasteiger partial charge on any atom is -0.480 e. The molecule has 5 atom stereocenters. The zero-order valence-corrected chi connectivity index (χ0v) is 19.0. The van der Waals surface area contributed by atoms with Crippen molar-refractivity contribution in [1.82, 2.24) is 16.0 Å². The minimum absolute atomic E-state index is 0.106. The summed E-state index contributed by atoms with van der Waals surface area (Å²) in [6.07, 6.45) is -0.394. The van der Waals surface area contributed by atoms with E-state index in [1.54, 1.807) is 0 Å². The molecule has 0 aliphatic rings. The van der Waals surface area contributed by atoms with Crippen molar-refractivity contribution in [3.63, 3.8) is 0 Å². The van der Waals surface area contributed by atoms with Gasteiger partial charge in [-0.3, -0.25) is 19.4 Å². The fourth-order valence-corrected chi connectivity index (χ4v) is 2.71. The second kappa shape index (κ2) is 14.2. The molecule has 3 amide bonds. The zero-order valence-electron chi connectivity index (χ0n) is 19.0. The molecule has 13 heteroatoms. The second-order valence-electron chi connectivity index (χ2n) is 8.04. The van der Waals surface area contributed by atoms with E-state index in [9.17, 15) is 24.3 Å². The number of hydrogen-bond acceptors (Lipinski definition) is 7. The van der Waals surface area contributed by atoms with E-state index in [1.807, 2.05) is 13.8 Å².